The normalized spacial score (nSPS) is 24.2. The van der Waals surface area contributed by atoms with Gasteiger partial charge in [-0.2, -0.15) is 0 Å². The minimum absolute atomic E-state index is 0.0103. The number of amides is 1. The molecule has 0 aromatic heterocycles. The highest BCUT2D eigenvalue weighted by Crippen LogP contribution is 2.27. The van der Waals surface area contributed by atoms with E-state index in [1.807, 2.05) is 0 Å². The molecule has 148 valence electrons. The van der Waals surface area contributed by atoms with Crippen LogP contribution in [-0.4, -0.2) is 52.5 Å². The molecule has 1 aromatic rings. The molecular formula is C20H26F2N2O3. The van der Waals surface area contributed by atoms with Crippen molar-refractivity contribution in [3.05, 3.63) is 35.4 Å². The van der Waals surface area contributed by atoms with Gasteiger partial charge in [-0.3, -0.25) is 14.5 Å². The first-order valence-corrected chi connectivity index (χ1v) is 9.62. The van der Waals surface area contributed by atoms with E-state index in [1.54, 1.807) is 4.90 Å². The summed E-state index contributed by atoms with van der Waals surface area (Å²) in [4.78, 5) is 27.6. The maximum atomic E-state index is 13.9. The Morgan fingerprint density at radius 1 is 1.19 bits per heavy atom. The fourth-order valence-electron chi connectivity index (χ4n) is 4.21. The molecule has 0 aliphatic carbocycles. The zero-order chi connectivity index (χ0) is 19.4. The molecular weight excluding hydrogens is 354 g/mol. The molecule has 2 fully saturated rings. The van der Waals surface area contributed by atoms with E-state index >= 15 is 0 Å². The van der Waals surface area contributed by atoms with E-state index in [0.29, 0.717) is 24.4 Å². The molecule has 2 heterocycles. The number of hydrogen-bond donors (Lipinski definition) is 1. The topological polar surface area (TPSA) is 60.9 Å². The standard InChI is InChI=1S/C20H26F2N2O3/c21-16-7-6-15(17(22)11-16)13-24-10-2-4-18(20(24)27)23-9-1-3-14(12-23)5-8-19(25)26/h6-7,11,14,18H,1-5,8-10,12-13H2,(H,25,26). The lowest BCUT2D eigenvalue weighted by molar-refractivity contribution is -0.142. The maximum Gasteiger partial charge on any atom is 0.303 e. The van der Waals surface area contributed by atoms with Crippen molar-refractivity contribution in [2.45, 2.75) is 51.1 Å². The van der Waals surface area contributed by atoms with Crippen molar-refractivity contribution in [3.63, 3.8) is 0 Å². The Balaban J connectivity index is 1.62. The molecule has 3 rings (SSSR count). The van der Waals surface area contributed by atoms with E-state index in [9.17, 15) is 18.4 Å². The number of piperidine rings is 2. The van der Waals surface area contributed by atoms with Crippen LogP contribution in [0, 0.1) is 17.6 Å². The molecule has 0 bridgehead atoms. The van der Waals surface area contributed by atoms with E-state index in [2.05, 4.69) is 4.90 Å². The van der Waals surface area contributed by atoms with E-state index in [0.717, 1.165) is 44.8 Å². The van der Waals surface area contributed by atoms with E-state index in [4.69, 9.17) is 5.11 Å². The summed E-state index contributed by atoms with van der Waals surface area (Å²) < 4.78 is 27.0. The fraction of sp³-hybridized carbons (Fsp3) is 0.600. The number of nitrogens with zero attached hydrogens (tertiary/aromatic N) is 2. The lowest BCUT2D eigenvalue weighted by Crippen LogP contribution is -2.54. The van der Waals surface area contributed by atoms with Crippen molar-refractivity contribution in [2.75, 3.05) is 19.6 Å². The third-order valence-corrected chi connectivity index (χ3v) is 5.64. The van der Waals surface area contributed by atoms with Gasteiger partial charge in [-0.05, 0) is 50.6 Å². The van der Waals surface area contributed by atoms with E-state index in [1.165, 1.54) is 12.1 Å². The molecule has 2 unspecified atom stereocenters. The number of hydrogen-bond acceptors (Lipinski definition) is 3. The van der Waals surface area contributed by atoms with Gasteiger partial charge in [0.05, 0.1) is 6.04 Å². The summed E-state index contributed by atoms with van der Waals surface area (Å²) in [5, 5.41) is 8.89. The number of carboxylic acids is 1. The Bertz CT molecular complexity index is 698. The Morgan fingerprint density at radius 3 is 2.70 bits per heavy atom. The average molecular weight is 380 g/mol. The van der Waals surface area contributed by atoms with Gasteiger partial charge in [0.1, 0.15) is 11.6 Å². The van der Waals surface area contributed by atoms with Crippen molar-refractivity contribution in [1.82, 2.24) is 9.80 Å². The van der Waals surface area contributed by atoms with E-state index < -0.39 is 17.6 Å². The summed E-state index contributed by atoms with van der Waals surface area (Å²) in [6.45, 7) is 2.29. The van der Waals surface area contributed by atoms with Gasteiger partial charge >= 0.3 is 5.97 Å². The predicted octanol–water partition coefficient (Wildman–Crippen LogP) is 3.03. The molecule has 5 nitrogen and oxygen atoms in total. The van der Waals surface area contributed by atoms with Crippen LogP contribution in [0.3, 0.4) is 0 Å². The highest BCUT2D eigenvalue weighted by Gasteiger charge is 2.35. The van der Waals surface area contributed by atoms with Crippen LogP contribution >= 0.6 is 0 Å². The molecule has 0 saturated carbocycles. The molecule has 1 N–H and O–H groups in total. The number of carboxylic acid groups (broad SMARTS) is 1. The second kappa shape index (κ2) is 8.78. The Morgan fingerprint density at radius 2 is 1.96 bits per heavy atom. The molecule has 0 radical (unpaired) electrons. The summed E-state index contributed by atoms with van der Waals surface area (Å²) in [5.41, 5.74) is 0.323. The van der Waals surface area contributed by atoms with Gasteiger partial charge in [-0.15, -0.1) is 0 Å². The van der Waals surface area contributed by atoms with Crippen LogP contribution in [0.25, 0.3) is 0 Å². The molecule has 2 aliphatic heterocycles. The molecule has 2 saturated heterocycles. The lowest BCUT2D eigenvalue weighted by Gasteiger charge is -2.42. The summed E-state index contributed by atoms with van der Waals surface area (Å²) in [7, 11) is 0. The number of halogens is 2. The van der Waals surface area contributed by atoms with Crippen LogP contribution in [0.2, 0.25) is 0 Å². The largest absolute Gasteiger partial charge is 0.481 e. The third-order valence-electron chi connectivity index (χ3n) is 5.64. The first-order valence-electron chi connectivity index (χ1n) is 9.62. The Labute approximate surface area is 157 Å². The fourth-order valence-corrected chi connectivity index (χ4v) is 4.21. The quantitative estimate of drug-likeness (QED) is 0.824. The van der Waals surface area contributed by atoms with Gasteiger partial charge < -0.3 is 10.0 Å². The van der Waals surface area contributed by atoms with Crippen molar-refractivity contribution in [1.29, 1.82) is 0 Å². The Kier molecular flexibility index (Phi) is 6.42. The SMILES string of the molecule is O=C(O)CCC1CCCN(C2CCCN(Cc3ccc(F)cc3F)C2=O)C1. The van der Waals surface area contributed by atoms with Crippen LogP contribution in [0.15, 0.2) is 18.2 Å². The smallest absolute Gasteiger partial charge is 0.303 e. The Hall–Kier alpha value is -2.02. The second-order valence-corrected chi connectivity index (χ2v) is 7.59. The van der Waals surface area contributed by atoms with Crippen LogP contribution in [0.4, 0.5) is 8.78 Å². The van der Waals surface area contributed by atoms with Crippen molar-refractivity contribution in [2.24, 2.45) is 5.92 Å². The molecule has 2 aliphatic rings. The minimum atomic E-state index is -0.784. The third kappa shape index (κ3) is 5.03. The molecule has 0 spiro atoms. The lowest BCUT2D eigenvalue weighted by atomic mass is 9.91. The number of rotatable bonds is 6. The highest BCUT2D eigenvalue weighted by atomic mass is 19.1. The van der Waals surface area contributed by atoms with Gasteiger partial charge in [0, 0.05) is 37.7 Å². The number of likely N-dealkylation sites (tertiary alicyclic amines) is 2. The minimum Gasteiger partial charge on any atom is -0.481 e. The van der Waals surface area contributed by atoms with Crippen LogP contribution in [0.1, 0.15) is 44.1 Å². The van der Waals surface area contributed by atoms with Crippen LogP contribution in [-0.2, 0) is 16.1 Å². The predicted molar refractivity (Wildman–Crippen MR) is 96.0 cm³/mol. The average Bonchev–Trinajstić information content (AvgIpc) is 2.64. The van der Waals surface area contributed by atoms with Crippen LogP contribution < -0.4 is 0 Å². The molecule has 1 amide bonds. The summed E-state index contributed by atoms with van der Waals surface area (Å²) in [5.74, 6) is -1.75. The first kappa shape index (κ1) is 19.7. The summed E-state index contributed by atoms with van der Waals surface area (Å²) in [6.07, 6.45) is 4.36. The molecule has 1 aromatic carbocycles. The highest BCUT2D eigenvalue weighted by molar-refractivity contribution is 5.82. The van der Waals surface area contributed by atoms with Gasteiger partial charge in [-0.25, -0.2) is 8.78 Å². The number of carbonyl (C=O) groups is 2. The van der Waals surface area contributed by atoms with Gasteiger partial charge in [0.2, 0.25) is 5.91 Å². The van der Waals surface area contributed by atoms with Gasteiger partial charge in [-0.1, -0.05) is 6.07 Å². The van der Waals surface area contributed by atoms with Gasteiger partial charge in [0.25, 0.3) is 0 Å². The monoisotopic (exact) mass is 380 g/mol. The van der Waals surface area contributed by atoms with E-state index in [-0.39, 0.29) is 24.9 Å². The number of benzene rings is 1. The molecule has 2 atom stereocenters. The van der Waals surface area contributed by atoms with Crippen molar-refractivity contribution in [3.8, 4) is 0 Å². The number of aliphatic carboxylic acids is 1. The number of carbonyl (C=O) groups excluding carboxylic acids is 1. The zero-order valence-electron chi connectivity index (χ0n) is 15.4. The molecule has 27 heavy (non-hydrogen) atoms. The van der Waals surface area contributed by atoms with Gasteiger partial charge in [0.15, 0.2) is 0 Å². The summed E-state index contributed by atoms with van der Waals surface area (Å²) >= 11 is 0. The van der Waals surface area contributed by atoms with Crippen molar-refractivity contribution >= 4 is 11.9 Å². The first-order chi connectivity index (χ1) is 12.9. The van der Waals surface area contributed by atoms with Crippen molar-refractivity contribution < 1.29 is 23.5 Å². The maximum absolute atomic E-state index is 13.9. The molecule has 7 heteroatoms. The second-order valence-electron chi connectivity index (χ2n) is 7.59. The zero-order valence-corrected chi connectivity index (χ0v) is 15.4. The van der Waals surface area contributed by atoms with Crippen LogP contribution in [0.5, 0.6) is 0 Å². The summed E-state index contributed by atoms with van der Waals surface area (Å²) in [6, 6.07) is 3.22.